The largest absolute Gasteiger partial charge is 0.339 e. The van der Waals surface area contributed by atoms with Gasteiger partial charge in [-0.15, -0.1) is 0 Å². The van der Waals surface area contributed by atoms with E-state index in [0.29, 0.717) is 17.8 Å². The Hall–Kier alpha value is -2.71. The molecule has 3 rings (SSSR count). The Balaban J connectivity index is 1.53. The number of thiocarbonyl (C=S) groups is 1. The molecule has 3 aromatic carbocycles. The van der Waals surface area contributed by atoms with Gasteiger partial charge in [0.15, 0.2) is 5.11 Å². The molecule has 0 saturated carbocycles. The van der Waals surface area contributed by atoms with Crippen LogP contribution in [0.3, 0.4) is 0 Å². The lowest BCUT2D eigenvalue weighted by Gasteiger charge is -2.27. The number of nitrogens with one attached hydrogen (secondary N) is 3. The van der Waals surface area contributed by atoms with Crippen LogP contribution in [0.25, 0.3) is 0 Å². The first-order valence-corrected chi connectivity index (χ1v) is 11.9. The normalized spacial score (nSPS) is 12.2. The van der Waals surface area contributed by atoms with Gasteiger partial charge >= 0.3 is 0 Å². The molecule has 34 heavy (non-hydrogen) atoms. The Morgan fingerprint density at radius 2 is 1.38 bits per heavy atom. The van der Waals surface area contributed by atoms with Gasteiger partial charge in [0.05, 0.1) is 11.4 Å². The topological polar surface area (TPSA) is 77.9 Å². The molecule has 0 unspecified atom stereocenters. The molecule has 6 nitrogen and oxygen atoms in total. The van der Waals surface area contributed by atoms with Crippen molar-refractivity contribution in [3.63, 3.8) is 0 Å². The van der Waals surface area contributed by atoms with E-state index in [1.807, 2.05) is 60.7 Å². The van der Waals surface area contributed by atoms with Crippen LogP contribution < -0.4 is 16.0 Å². The maximum atomic E-state index is 12.4. The minimum absolute atomic E-state index is 0.179. The fourth-order valence-corrected chi connectivity index (χ4v) is 3.42. The molecule has 1 atom stereocenters. The molecule has 0 aliphatic rings. The van der Waals surface area contributed by atoms with Crippen molar-refractivity contribution in [1.29, 1.82) is 0 Å². The first-order chi connectivity index (χ1) is 16.3. The third-order valence-corrected chi connectivity index (χ3v) is 5.43. The molecule has 0 aromatic heterocycles. The summed E-state index contributed by atoms with van der Waals surface area (Å²) < 4.78 is -1.82. The van der Waals surface area contributed by atoms with E-state index in [-0.39, 0.29) is 17.4 Å². The van der Waals surface area contributed by atoms with Gasteiger partial charge in [-0.25, -0.2) is 0 Å². The summed E-state index contributed by atoms with van der Waals surface area (Å²) in [5, 5.41) is 17.1. The van der Waals surface area contributed by atoms with Crippen LogP contribution in [0.1, 0.15) is 12.0 Å². The number of hydrogen-bond acceptors (Lipinski definition) is 4. The van der Waals surface area contributed by atoms with Crippen LogP contribution in [-0.2, 0) is 11.2 Å². The van der Waals surface area contributed by atoms with Gasteiger partial charge in [-0.2, -0.15) is 10.2 Å². The van der Waals surface area contributed by atoms with Crippen LogP contribution >= 0.6 is 47.0 Å². The van der Waals surface area contributed by atoms with Crippen LogP contribution in [0.15, 0.2) is 95.2 Å². The van der Waals surface area contributed by atoms with Crippen molar-refractivity contribution < 1.29 is 4.79 Å². The molecule has 0 fully saturated rings. The SMILES string of the molecule is O=C(CCc1ccccc1)N[C@@H](NC(=S)Nc1ccc(N=Nc2ccccc2)cc1)C(Cl)(Cl)Cl. The second kappa shape index (κ2) is 12.7. The van der Waals surface area contributed by atoms with Crippen molar-refractivity contribution in [2.24, 2.45) is 10.2 Å². The number of alkyl halides is 3. The van der Waals surface area contributed by atoms with E-state index in [2.05, 4.69) is 26.2 Å². The summed E-state index contributed by atoms with van der Waals surface area (Å²) in [5.74, 6) is -0.274. The summed E-state index contributed by atoms with van der Waals surface area (Å²) in [6, 6.07) is 26.2. The van der Waals surface area contributed by atoms with Crippen LogP contribution in [0.5, 0.6) is 0 Å². The zero-order valence-electron chi connectivity index (χ0n) is 17.9. The van der Waals surface area contributed by atoms with Gasteiger partial charge in [-0.3, -0.25) is 4.79 Å². The van der Waals surface area contributed by atoms with Crippen molar-refractivity contribution in [2.45, 2.75) is 22.8 Å². The van der Waals surface area contributed by atoms with Gasteiger partial charge < -0.3 is 16.0 Å². The summed E-state index contributed by atoms with van der Waals surface area (Å²) in [5.41, 5.74) is 3.17. The predicted octanol–water partition coefficient (Wildman–Crippen LogP) is 6.83. The highest BCUT2D eigenvalue weighted by Crippen LogP contribution is 2.29. The molecule has 1 amide bonds. The standard InChI is InChI=1S/C24H22Cl3N5OS/c25-24(26,27)22(29-21(33)16-11-17-7-3-1-4-8-17)30-23(34)28-18-12-14-20(15-13-18)32-31-19-9-5-2-6-10-19/h1-10,12-15,22H,11,16H2,(H,29,33)(H2,28,30,34)/t22-/m0/s1. The van der Waals surface area contributed by atoms with Crippen molar-refractivity contribution >= 4 is 75.1 Å². The fraction of sp³-hybridized carbons (Fsp3) is 0.167. The zero-order valence-corrected chi connectivity index (χ0v) is 21.0. The summed E-state index contributed by atoms with van der Waals surface area (Å²) in [6.45, 7) is 0. The lowest BCUT2D eigenvalue weighted by atomic mass is 10.1. The van der Waals surface area contributed by atoms with E-state index in [4.69, 9.17) is 47.0 Å². The molecule has 0 radical (unpaired) electrons. The van der Waals surface area contributed by atoms with E-state index in [0.717, 1.165) is 11.3 Å². The Labute approximate surface area is 218 Å². The molecule has 3 N–H and O–H groups in total. The first kappa shape index (κ1) is 25.9. The Morgan fingerprint density at radius 3 is 1.97 bits per heavy atom. The quantitative estimate of drug-likeness (QED) is 0.128. The summed E-state index contributed by atoms with van der Waals surface area (Å²) in [4.78, 5) is 12.4. The minimum Gasteiger partial charge on any atom is -0.339 e. The molecular weight excluding hydrogens is 513 g/mol. The first-order valence-electron chi connectivity index (χ1n) is 10.3. The molecule has 0 spiro atoms. The van der Waals surface area contributed by atoms with E-state index in [1.54, 1.807) is 24.3 Å². The number of hydrogen-bond donors (Lipinski definition) is 3. The van der Waals surface area contributed by atoms with Gasteiger partial charge in [-0.1, -0.05) is 83.3 Å². The van der Waals surface area contributed by atoms with Crippen molar-refractivity contribution in [3.8, 4) is 0 Å². The van der Waals surface area contributed by atoms with E-state index < -0.39 is 9.96 Å². The molecule has 0 aliphatic heterocycles. The van der Waals surface area contributed by atoms with E-state index >= 15 is 0 Å². The maximum absolute atomic E-state index is 12.4. The van der Waals surface area contributed by atoms with Crippen molar-refractivity contribution in [1.82, 2.24) is 10.6 Å². The Bertz CT molecular complexity index is 1110. The third kappa shape index (κ3) is 8.91. The second-order valence-electron chi connectivity index (χ2n) is 7.21. The molecule has 3 aromatic rings. The van der Waals surface area contributed by atoms with Gasteiger partial charge in [0.2, 0.25) is 9.70 Å². The number of carbonyl (C=O) groups is 1. The highest BCUT2D eigenvalue weighted by molar-refractivity contribution is 7.80. The molecule has 0 heterocycles. The second-order valence-corrected chi connectivity index (χ2v) is 9.99. The van der Waals surface area contributed by atoms with E-state index in [1.165, 1.54) is 0 Å². The predicted molar refractivity (Wildman–Crippen MR) is 143 cm³/mol. The number of benzene rings is 3. The Morgan fingerprint density at radius 1 is 0.824 bits per heavy atom. The number of anilines is 1. The van der Waals surface area contributed by atoms with Crippen molar-refractivity contribution in [3.05, 3.63) is 90.5 Å². The van der Waals surface area contributed by atoms with Gasteiger partial charge in [-0.05, 0) is 60.6 Å². The van der Waals surface area contributed by atoms with Crippen LogP contribution in [-0.4, -0.2) is 21.0 Å². The third-order valence-electron chi connectivity index (χ3n) is 4.55. The maximum Gasteiger partial charge on any atom is 0.228 e. The van der Waals surface area contributed by atoms with E-state index in [9.17, 15) is 4.79 Å². The minimum atomic E-state index is -1.82. The van der Waals surface area contributed by atoms with Gasteiger partial charge in [0.1, 0.15) is 6.17 Å². The monoisotopic (exact) mass is 533 g/mol. The highest BCUT2D eigenvalue weighted by Gasteiger charge is 2.34. The summed E-state index contributed by atoms with van der Waals surface area (Å²) in [6.07, 6.45) is -0.224. The number of carbonyl (C=O) groups excluding carboxylic acids is 1. The van der Waals surface area contributed by atoms with Gasteiger partial charge in [0, 0.05) is 12.1 Å². The molecule has 0 bridgehead atoms. The number of rotatable bonds is 8. The molecule has 0 aliphatic carbocycles. The van der Waals surface area contributed by atoms with Crippen LogP contribution in [0.2, 0.25) is 0 Å². The van der Waals surface area contributed by atoms with Crippen LogP contribution in [0.4, 0.5) is 17.1 Å². The molecular formula is C24H22Cl3N5OS. The average Bonchev–Trinajstić information content (AvgIpc) is 2.82. The number of azo groups is 1. The van der Waals surface area contributed by atoms with Crippen molar-refractivity contribution in [2.75, 3.05) is 5.32 Å². The highest BCUT2D eigenvalue weighted by atomic mass is 35.6. The number of halogens is 3. The van der Waals surface area contributed by atoms with Gasteiger partial charge in [0.25, 0.3) is 0 Å². The Kier molecular flexibility index (Phi) is 9.65. The fourth-order valence-electron chi connectivity index (χ4n) is 2.86. The number of nitrogens with zero attached hydrogens (tertiary/aromatic N) is 2. The average molecular weight is 535 g/mol. The molecule has 176 valence electrons. The smallest absolute Gasteiger partial charge is 0.228 e. The molecule has 10 heteroatoms. The summed E-state index contributed by atoms with van der Waals surface area (Å²) in [7, 11) is 0. The number of aryl methyl sites for hydroxylation is 1. The zero-order chi connectivity index (χ0) is 24.4. The summed E-state index contributed by atoms with van der Waals surface area (Å²) >= 11 is 23.5. The lowest BCUT2D eigenvalue weighted by Crippen LogP contribution is -2.56. The number of amides is 1. The molecule has 0 saturated heterocycles. The van der Waals surface area contributed by atoms with Crippen LogP contribution in [0, 0.1) is 0 Å². The lowest BCUT2D eigenvalue weighted by molar-refractivity contribution is -0.121.